The second-order valence-electron chi connectivity index (χ2n) is 3.10. The second-order valence-corrected chi connectivity index (χ2v) is 3.10. The van der Waals surface area contributed by atoms with Crippen molar-refractivity contribution < 1.29 is 19.4 Å². The van der Waals surface area contributed by atoms with Gasteiger partial charge in [-0.1, -0.05) is 6.07 Å². The number of ether oxygens (including phenoxy) is 2. The van der Waals surface area contributed by atoms with Crippen molar-refractivity contribution in [3.8, 4) is 5.75 Å². The average molecular weight is 194 g/mol. The molecule has 0 bridgehead atoms. The van der Waals surface area contributed by atoms with Gasteiger partial charge in [-0.2, -0.15) is 0 Å². The van der Waals surface area contributed by atoms with Crippen LogP contribution in [0.3, 0.4) is 0 Å². The zero-order valence-electron chi connectivity index (χ0n) is 7.47. The van der Waals surface area contributed by atoms with E-state index in [1.807, 2.05) is 0 Å². The average Bonchev–Trinajstić information content (AvgIpc) is 2.97. The first-order valence-electron chi connectivity index (χ1n) is 4.33. The van der Waals surface area contributed by atoms with Gasteiger partial charge in [0, 0.05) is 0 Å². The number of carbonyl (C=O) groups is 1. The molecule has 4 nitrogen and oxygen atoms in total. The van der Waals surface area contributed by atoms with E-state index in [-0.39, 0.29) is 18.5 Å². The molecule has 1 aliphatic heterocycles. The fourth-order valence-electron chi connectivity index (χ4n) is 1.05. The summed E-state index contributed by atoms with van der Waals surface area (Å²) in [7, 11) is 0. The van der Waals surface area contributed by atoms with Gasteiger partial charge in [-0.15, -0.1) is 0 Å². The first-order chi connectivity index (χ1) is 6.75. The lowest BCUT2D eigenvalue weighted by Crippen LogP contribution is -2.09. The van der Waals surface area contributed by atoms with Crippen LogP contribution in [0.15, 0.2) is 24.3 Å². The maximum absolute atomic E-state index is 11.3. The molecule has 1 saturated heterocycles. The normalized spacial score (nSPS) is 19.0. The third kappa shape index (κ3) is 2.23. The summed E-state index contributed by atoms with van der Waals surface area (Å²) in [5.74, 6) is -0.376. The van der Waals surface area contributed by atoms with Gasteiger partial charge in [0.25, 0.3) is 0 Å². The molecule has 0 amide bonds. The summed E-state index contributed by atoms with van der Waals surface area (Å²) in [4.78, 5) is 11.3. The van der Waals surface area contributed by atoms with Crippen molar-refractivity contribution in [1.29, 1.82) is 0 Å². The number of carbonyl (C=O) groups excluding carboxylic acids is 1. The van der Waals surface area contributed by atoms with Crippen molar-refractivity contribution in [3.63, 3.8) is 0 Å². The number of phenols is 1. The summed E-state index contributed by atoms with van der Waals surface area (Å²) in [5.41, 5.74) is 0.352. The van der Waals surface area contributed by atoms with Gasteiger partial charge in [-0.3, -0.25) is 0 Å². The third-order valence-electron chi connectivity index (χ3n) is 1.88. The molecule has 1 fully saturated rings. The molecule has 1 unspecified atom stereocenters. The molecule has 4 heteroatoms. The lowest BCUT2D eigenvalue weighted by atomic mass is 10.2. The largest absolute Gasteiger partial charge is 0.508 e. The van der Waals surface area contributed by atoms with E-state index in [2.05, 4.69) is 0 Å². The number of hydrogen-bond acceptors (Lipinski definition) is 4. The summed E-state index contributed by atoms with van der Waals surface area (Å²) in [6, 6.07) is 6.06. The highest BCUT2D eigenvalue weighted by molar-refractivity contribution is 5.89. The van der Waals surface area contributed by atoms with Crippen molar-refractivity contribution in [3.05, 3.63) is 29.8 Å². The van der Waals surface area contributed by atoms with E-state index in [0.29, 0.717) is 12.2 Å². The molecule has 1 aliphatic rings. The van der Waals surface area contributed by atoms with E-state index in [4.69, 9.17) is 14.6 Å². The molecule has 74 valence electrons. The SMILES string of the molecule is O=C(OCC1CO1)c1cccc(O)c1. The number of epoxide rings is 1. The molecule has 1 aromatic carbocycles. The maximum atomic E-state index is 11.3. The Kier molecular flexibility index (Phi) is 2.37. The highest BCUT2D eigenvalue weighted by atomic mass is 16.6. The van der Waals surface area contributed by atoms with E-state index >= 15 is 0 Å². The second kappa shape index (κ2) is 3.67. The van der Waals surface area contributed by atoms with E-state index in [0.717, 1.165) is 0 Å². The van der Waals surface area contributed by atoms with Crippen molar-refractivity contribution in [2.24, 2.45) is 0 Å². The summed E-state index contributed by atoms with van der Waals surface area (Å²) >= 11 is 0. The Balaban J connectivity index is 1.95. The predicted octanol–water partition coefficient (Wildman–Crippen LogP) is 0.948. The minimum absolute atomic E-state index is 0.0575. The number of benzene rings is 1. The molecule has 0 spiro atoms. The number of phenolic OH excluding ortho intramolecular Hbond substituents is 1. The summed E-state index contributed by atoms with van der Waals surface area (Å²) in [6.45, 7) is 0.946. The van der Waals surface area contributed by atoms with Gasteiger partial charge >= 0.3 is 5.97 Å². The molecule has 1 heterocycles. The smallest absolute Gasteiger partial charge is 0.338 e. The quantitative estimate of drug-likeness (QED) is 0.574. The van der Waals surface area contributed by atoms with Crippen LogP contribution in [0, 0.1) is 0 Å². The zero-order valence-corrected chi connectivity index (χ0v) is 7.47. The molecular formula is C10H10O4. The van der Waals surface area contributed by atoms with Crippen LogP contribution in [0.2, 0.25) is 0 Å². The number of rotatable bonds is 3. The number of aromatic hydroxyl groups is 1. The van der Waals surface area contributed by atoms with Crippen LogP contribution in [-0.2, 0) is 9.47 Å². The topological polar surface area (TPSA) is 59.1 Å². The van der Waals surface area contributed by atoms with Crippen LogP contribution in [0.25, 0.3) is 0 Å². The van der Waals surface area contributed by atoms with Crippen LogP contribution in [0.1, 0.15) is 10.4 Å². The van der Waals surface area contributed by atoms with Crippen LogP contribution in [-0.4, -0.2) is 30.4 Å². The Bertz CT molecular complexity index is 344. The standard InChI is InChI=1S/C10H10O4/c11-8-3-1-2-7(4-8)10(12)14-6-9-5-13-9/h1-4,9,11H,5-6H2. The first-order valence-corrected chi connectivity index (χ1v) is 4.33. The Hall–Kier alpha value is -1.55. The van der Waals surface area contributed by atoms with Crippen molar-refractivity contribution >= 4 is 5.97 Å². The first kappa shape index (κ1) is 9.02. The summed E-state index contributed by atoms with van der Waals surface area (Å²) in [6.07, 6.45) is 0.0660. The number of esters is 1. The predicted molar refractivity (Wildman–Crippen MR) is 48.1 cm³/mol. The fraction of sp³-hybridized carbons (Fsp3) is 0.300. The fourth-order valence-corrected chi connectivity index (χ4v) is 1.05. The van der Waals surface area contributed by atoms with Crippen molar-refractivity contribution in [2.45, 2.75) is 6.10 Å². The van der Waals surface area contributed by atoms with E-state index < -0.39 is 5.97 Å². The number of hydrogen-bond donors (Lipinski definition) is 1. The summed E-state index contributed by atoms with van der Waals surface area (Å²) in [5, 5.41) is 9.12. The lowest BCUT2D eigenvalue weighted by Gasteiger charge is -2.02. The minimum atomic E-state index is -0.434. The van der Waals surface area contributed by atoms with Gasteiger partial charge in [0.2, 0.25) is 0 Å². The van der Waals surface area contributed by atoms with Crippen LogP contribution >= 0.6 is 0 Å². The highest BCUT2D eigenvalue weighted by Crippen LogP contribution is 2.14. The van der Waals surface area contributed by atoms with Gasteiger partial charge < -0.3 is 14.6 Å². The van der Waals surface area contributed by atoms with Gasteiger partial charge in [-0.25, -0.2) is 4.79 Å². The highest BCUT2D eigenvalue weighted by Gasteiger charge is 2.24. The molecule has 1 atom stereocenters. The van der Waals surface area contributed by atoms with Gasteiger partial charge in [0.05, 0.1) is 12.2 Å². The Morgan fingerprint density at radius 3 is 3.07 bits per heavy atom. The Morgan fingerprint density at radius 2 is 2.43 bits per heavy atom. The van der Waals surface area contributed by atoms with Crippen LogP contribution in [0.4, 0.5) is 0 Å². The van der Waals surface area contributed by atoms with E-state index in [9.17, 15) is 4.79 Å². The van der Waals surface area contributed by atoms with Crippen LogP contribution < -0.4 is 0 Å². The molecule has 14 heavy (non-hydrogen) atoms. The lowest BCUT2D eigenvalue weighted by molar-refractivity contribution is 0.0476. The maximum Gasteiger partial charge on any atom is 0.338 e. The molecule has 1 aromatic rings. The minimum Gasteiger partial charge on any atom is -0.508 e. The summed E-state index contributed by atoms with van der Waals surface area (Å²) < 4.78 is 9.82. The molecule has 1 N–H and O–H groups in total. The van der Waals surface area contributed by atoms with E-state index in [1.165, 1.54) is 12.1 Å². The Labute approximate surface area is 81.1 Å². The van der Waals surface area contributed by atoms with Crippen molar-refractivity contribution in [2.75, 3.05) is 13.2 Å². The zero-order chi connectivity index (χ0) is 9.97. The molecule has 0 aliphatic carbocycles. The van der Waals surface area contributed by atoms with Crippen molar-refractivity contribution in [1.82, 2.24) is 0 Å². The van der Waals surface area contributed by atoms with Gasteiger partial charge in [0.1, 0.15) is 18.5 Å². The Morgan fingerprint density at radius 1 is 1.64 bits per heavy atom. The third-order valence-corrected chi connectivity index (χ3v) is 1.88. The monoisotopic (exact) mass is 194 g/mol. The molecule has 0 radical (unpaired) electrons. The molecule has 0 saturated carbocycles. The van der Waals surface area contributed by atoms with Gasteiger partial charge in [0.15, 0.2) is 0 Å². The van der Waals surface area contributed by atoms with Gasteiger partial charge in [-0.05, 0) is 18.2 Å². The molecule has 0 aromatic heterocycles. The molecule has 2 rings (SSSR count). The van der Waals surface area contributed by atoms with E-state index in [1.54, 1.807) is 12.1 Å². The van der Waals surface area contributed by atoms with Crippen LogP contribution in [0.5, 0.6) is 5.75 Å². The molecular weight excluding hydrogens is 184 g/mol.